The second-order valence-corrected chi connectivity index (χ2v) is 6.60. The van der Waals surface area contributed by atoms with Crippen LogP contribution in [-0.2, 0) is 6.42 Å². The molecular weight excluding hydrogens is 315 g/mol. The number of halogens is 2. The highest BCUT2D eigenvalue weighted by Crippen LogP contribution is 2.26. The van der Waals surface area contributed by atoms with Gasteiger partial charge in [-0.1, -0.05) is 17.7 Å². The Morgan fingerprint density at radius 1 is 1.48 bits per heavy atom. The SMILES string of the molecule is O=C(NCCc1c(F)cccc1Cl)NCC1(O)CCSC1. The van der Waals surface area contributed by atoms with E-state index in [4.69, 9.17) is 11.6 Å². The molecule has 1 aliphatic rings. The Morgan fingerprint density at radius 3 is 2.95 bits per heavy atom. The van der Waals surface area contributed by atoms with Gasteiger partial charge in [0, 0.05) is 29.4 Å². The summed E-state index contributed by atoms with van der Waals surface area (Å²) >= 11 is 7.58. The van der Waals surface area contributed by atoms with Crippen LogP contribution in [0.25, 0.3) is 0 Å². The van der Waals surface area contributed by atoms with Crippen LogP contribution in [0.1, 0.15) is 12.0 Å². The molecule has 4 nitrogen and oxygen atoms in total. The zero-order chi connectivity index (χ0) is 15.3. The number of aliphatic hydroxyl groups is 1. The molecule has 1 unspecified atom stereocenters. The van der Waals surface area contributed by atoms with Crippen LogP contribution in [0.2, 0.25) is 5.02 Å². The predicted octanol–water partition coefficient (Wildman–Crippen LogP) is 2.19. The molecule has 0 aliphatic carbocycles. The van der Waals surface area contributed by atoms with Crippen molar-refractivity contribution in [2.75, 3.05) is 24.6 Å². The third-order valence-electron chi connectivity index (χ3n) is 3.38. The zero-order valence-corrected chi connectivity index (χ0v) is 13.1. The fraction of sp³-hybridized carbons (Fsp3) is 0.500. The summed E-state index contributed by atoms with van der Waals surface area (Å²) in [6.07, 6.45) is 1.00. The van der Waals surface area contributed by atoms with Gasteiger partial charge in [0.1, 0.15) is 5.82 Å². The van der Waals surface area contributed by atoms with Crippen molar-refractivity contribution in [2.45, 2.75) is 18.4 Å². The molecule has 0 bridgehead atoms. The summed E-state index contributed by atoms with van der Waals surface area (Å²) in [6.45, 7) is 0.506. The number of amides is 2. The topological polar surface area (TPSA) is 61.4 Å². The van der Waals surface area contributed by atoms with Crippen molar-refractivity contribution >= 4 is 29.4 Å². The van der Waals surface area contributed by atoms with E-state index < -0.39 is 5.60 Å². The molecule has 2 rings (SSSR count). The minimum atomic E-state index is -0.809. The highest BCUT2D eigenvalue weighted by atomic mass is 35.5. The van der Waals surface area contributed by atoms with Crippen molar-refractivity contribution in [2.24, 2.45) is 0 Å². The van der Waals surface area contributed by atoms with E-state index in [1.165, 1.54) is 6.07 Å². The van der Waals surface area contributed by atoms with Crippen LogP contribution in [0.5, 0.6) is 0 Å². The van der Waals surface area contributed by atoms with Crippen molar-refractivity contribution in [3.63, 3.8) is 0 Å². The van der Waals surface area contributed by atoms with Crippen LogP contribution in [0.3, 0.4) is 0 Å². The van der Waals surface area contributed by atoms with Gasteiger partial charge in [-0.15, -0.1) is 0 Å². The number of thioether (sulfide) groups is 1. The summed E-state index contributed by atoms with van der Waals surface area (Å²) in [7, 11) is 0. The smallest absolute Gasteiger partial charge is 0.314 e. The van der Waals surface area contributed by atoms with Crippen molar-refractivity contribution in [1.82, 2.24) is 10.6 Å². The number of carbonyl (C=O) groups excluding carboxylic acids is 1. The van der Waals surface area contributed by atoms with E-state index in [0.29, 0.717) is 29.2 Å². The second-order valence-electron chi connectivity index (χ2n) is 5.09. The Morgan fingerprint density at radius 2 is 2.29 bits per heavy atom. The second kappa shape index (κ2) is 7.33. The van der Waals surface area contributed by atoms with Crippen LogP contribution in [0, 0.1) is 5.82 Å². The summed E-state index contributed by atoms with van der Waals surface area (Å²) in [4.78, 5) is 11.6. The van der Waals surface area contributed by atoms with Gasteiger partial charge >= 0.3 is 6.03 Å². The van der Waals surface area contributed by atoms with Gasteiger partial charge in [-0.3, -0.25) is 0 Å². The molecule has 7 heteroatoms. The first-order valence-electron chi connectivity index (χ1n) is 6.75. The lowest BCUT2D eigenvalue weighted by molar-refractivity contribution is 0.0700. The minimum Gasteiger partial charge on any atom is -0.387 e. The summed E-state index contributed by atoms with van der Waals surface area (Å²) < 4.78 is 13.5. The molecule has 1 fully saturated rings. The predicted molar refractivity (Wildman–Crippen MR) is 83.4 cm³/mol. The van der Waals surface area contributed by atoms with Crippen molar-refractivity contribution < 1.29 is 14.3 Å². The van der Waals surface area contributed by atoms with E-state index in [9.17, 15) is 14.3 Å². The molecule has 21 heavy (non-hydrogen) atoms. The molecule has 1 aromatic rings. The van der Waals surface area contributed by atoms with E-state index in [-0.39, 0.29) is 24.9 Å². The minimum absolute atomic E-state index is 0.228. The number of hydrogen-bond donors (Lipinski definition) is 3. The standard InChI is InChI=1S/C14H18ClFN2O2S/c15-11-2-1-3-12(16)10(11)4-6-17-13(19)18-8-14(20)5-7-21-9-14/h1-3,20H,4-9H2,(H2,17,18,19). The zero-order valence-electron chi connectivity index (χ0n) is 11.5. The number of rotatable bonds is 5. The molecule has 1 aliphatic heterocycles. The van der Waals surface area contributed by atoms with Crippen LogP contribution >= 0.6 is 23.4 Å². The van der Waals surface area contributed by atoms with Crippen molar-refractivity contribution in [3.05, 3.63) is 34.6 Å². The molecular formula is C14H18ClFN2O2S. The van der Waals surface area contributed by atoms with Gasteiger partial charge in [-0.05, 0) is 30.7 Å². The average Bonchev–Trinajstić information content (AvgIpc) is 2.87. The maximum Gasteiger partial charge on any atom is 0.314 e. The molecule has 1 saturated heterocycles. The van der Waals surface area contributed by atoms with Crippen LogP contribution < -0.4 is 10.6 Å². The van der Waals surface area contributed by atoms with E-state index in [0.717, 1.165) is 5.75 Å². The third kappa shape index (κ3) is 4.76. The lowest BCUT2D eigenvalue weighted by Crippen LogP contribution is -2.46. The Hall–Kier alpha value is -0.980. The molecule has 2 amide bonds. The van der Waals surface area contributed by atoms with Crippen molar-refractivity contribution in [3.8, 4) is 0 Å². The Bertz CT molecular complexity index is 489. The van der Waals surface area contributed by atoms with E-state index in [1.807, 2.05) is 0 Å². The van der Waals surface area contributed by atoms with Gasteiger partial charge in [-0.25, -0.2) is 9.18 Å². The van der Waals surface area contributed by atoms with Gasteiger partial charge in [0.15, 0.2) is 0 Å². The number of benzene rings is 1. The molecule has 0 spiro atoms. The summed E-state index contributed by atoms with van der Waals surface area (Å²) in [6, 6.07) is 4.14. The quantitative estimate of drug-likeness (QED) is 0.774. The van der Waals surface area contributed by atoms with Gasteiger partial charge < -0.3 is 15.7 Å². The molecule has 1 heterocycles. The first kappa shape index (κ1) is 16.4. The van der Waals surface area contributed by atoms with E-state index >= 15 is 0 Å². The maximum atomic E-state index is 13.5. The third-order valence-corrected chi connectivity index (χ3v) is 4.97. The fourth-order valence-electron chi connectivity index (χ4n) is 2.12. The lowest BCUT2D eigenvalue weighted by atomic mass is 10.0. The molecule has 3 N–H and O–H groups in total. The van der Waals surface area contributed by atoms with Gasteiger partial charge in [0.05, 0.1) is 5.60 Å². The Balaban J connectivity index is 1.72. The molecule has 1 aromatic carbocycles. The molecule has 116 valence electrons. The van der Waals surface area contributed by atoms with Crippen molar-refractivity contribution in [1.29, 1.82) is 0 Å². The van der Waals surface area contributed by atoms with Gasteiger partial charge in [-0.2, -0.15) is 11.8 Å². The number of hydrogen-bond acceptors (Lipinski definition) is 3. The first-order valence-corrected chi connectivity index (χ1v) is 8.28. The van der Waals surface area contributed by atoms with Crippen LogP contribution in [0.4, 0.5) is 9.18 Å². The highest BCUT2D eigenvalue weighted by molar-refractivity contribution is 7.99. The van der Waals surface area contributed by atoms with Crippen LogP contribution in [-0.4, -0.2) is 41.3 Å². The maximum absolute atomic E-state index is 13.5. The summed E-state index contributed by atoms with van der Waals surface area (Å²) in [5.41, 5.74) is -0.415. The fourth-order valence-corrected chi connectivity index (χ4v) is 3.67. The molecule has 0 saturated carbocycles. The number of carbonyl (C=O) groups is 1. The highest BCUT2D eigenvalue weighted by Gasteiger charge is 2.31. The Labute approximate surface area is 132 Å². The first-order chi connectivity index (χ1) is 10.0. The normalized spacial score (nSPS) is 21.3. The van der Waals surface area contributed by atoms with E-state index in [2.05, 4.69) is 10.6 Å². The summed E-state index contributed by atoms with van der Waals surface area (Å²) in [5, 5.41) is 15.7. The molecule has 0 radical (unpaired) electrons. The molecule has 1 atom stereocenters. The summed E-state index contributed by atoms with van der Waals surface area (Å²) in [5.74, 6) is 1.17. The number of nitrogens with one attached hydrogen (secondary N) is 2. The van der Waals surface area contributed by atoms with Crippen LogP contribution in [0.15, 0.2) is 18.2 Å². The number of urea groups is 1. The van der Waals surface area contributed by atoms with Gasteiger partial charge in [0.25, 0.3) is 0 Å². The largest absolute Gasteiger partial charge is 0.387 e. The van der Waals surface area contributed by atoms with Gasteiger partial charge in [0.2, 0.25) is 0 Å². The molecule has 0 aromatic heterocycles. The monoisotopic (exact) mass is 332 g/mol. The average molecular weight is 333 g/mol. The lowest BCUT2D eigenvalue weighted by Gasteiger charge is -2.21. The Kier molecular flexibility index (Phi) is 5.72. The van der Waals surface area contributed by atoms with E-state index in [1.54, 1.807) is 23.9 Å².